The van der Waals surface area contributed by atoms with Crippen LogP contribution in [0.3, 0.4) is 0 Å². The smallest absolute Gasteiger partial charge is 0.112 e. The molecule has 0 aliphatic heterocycles. The molecule has 0 rings (SSSR count). The first-order chi connectivity index (χ1) is 6.08. The fourth-order valence-corrected chi connectivity index (χ4v) is 1.13. The zero-order valence-corrected chi connectivity index (χ0v) is 10.8. The molecule has 0 fully saturated rings. The van der Waals surface area contributed by atoms with Gasteiger partial charge in [-0.1, -0.05) is 41.4 Å². The van der Waals surface area contributed by atoms with E-state index in [2.05, 4.69) is 34.7 Å². The topological polar surface area (TPSA) is 21.3 Å². The van der Waals surface area contributed by atoms with Crippen LogP contribution in [-0.2, 0) is 4.74 Å². The van der Waals surface area contributed by atoms with Crippen molar-refractivity contribution in [2.75, 3.05) is 20.7 Å². The number of hydrogen-bond donors (Lipinski definition) is 1. The van der Waals surface area contributed by atoms with Crippen molar-refractivity contribution < 1.29 is 4.74 Å². The summed E-state index contributed by atoms with van der Waals surface area (Å²) in [7, 11) is 3.75. The number of nitrogens with one attached hydrogen (secondary N) is 1. The molecule has 0 aromatic carbocycles. The maximum Gasteiger partial charge on any atom is 0.112 e. The third kappa shape index (κ3) is 18.8. The second-order valence-corrected chi connectivity index (χ2v) is 3.99. The molecule has 1 unspecified atom stereocenters. The van der Waals surface area contributed by atoms with E-state index in [1.54, 1.807) is 0 Å². The van der Waals surface area contributed by atoms with Crippen LogP contribution in [0.4, 0.5) is 0 Å². The highest BCUT2D eigenvalue weighted by molar-refractivity contribution is 9.09. The average molecular weight is 252 g/mol. The lowest BCUT2D eigenvalue weighted by Gasteiger charge is -2.09. The molecule has 1 N–H and O–H groups in total. The zero-order chi connectivity index (χ0) is 10.7. The van der Waals surface area contributed by atoms with Gasteiger partial charge in [0.2, 0.25) is 0 Å². The maximum atomic E-state index is 5.36. The van der Waals surface area contributed by atoms with Crippen molar-refractivity contribution in [3.63, 3.8) is 0 Å². The molecule has 0 saturated heterocycles. The van der Waals surface area contributed by atoms with Crippen LogP contribution >= 0.6 is 15.9 Å². The predicted octanol–water partition coefficient (Wildman–Crippen LogP) is 2.94. The van der Waals surface area contributed by atoms with E-state index in [1.807, 2.05) is 21.0 Å². The van der Waals surface area contributed by atoms with Crippen molar-refractivity contribution in [2.45, 2.75) is 31.7 Å². The lowest BCUT2D eigenvalue weighted by molar-refractivity contribution is 0.131. The molecule has 80 valence electrons. The van der Waals surface area contributed by atoms with E-state index >= 15 is 0 Å². The Bertz CT molecular complexity index is 117. The van der Waals surface area contributed by atoms with Gasteiger partial charge in [0.1, 0.15) is 5.01 Å². The van der Waals surface area contributed by atoms with Gasteiger partial charge >= 0.3 is 0 Å². The zero-order valence-electron chi connectivity index (χ0n) is 9.19. The van der Waals surface area contributed by atoms with Crippen LogP contribution in [0.5, 0.6) is 0 Å². The first-order valence-corrected chi connectivity index (χ1v) is 5.48. The summed E-state index contributed by atoms with van der Waals surface area (Å²) in [4.78, 5) is 0. The Morgan fingerprint density at radius 2 is 2.00 bits per heavy atom. The molecule has 0 radical (unpaired) electrons. The van der Waals surface area contributed by atoms with Gasteiger partial charge in [0.05, 0.1) is 6.61 Å². The van der Waals surface area contributed by atoms with E-state index in [4.69, 9.17) is 4.74 Å². The molecule has 2 nitrogen and oxygen atoms in total. The summed E-state index contributed by atoms with van der Waals surface area (Å²) in [5.74, 6) is 0. The second kappa shape index (κ2) is 12.1. The lowest BCUT2D eigenvalue weighted by Crippen LogP contribution is -2.05. The summed E-state index contributed by atoms with van der Waals surface area (Å²) < 4.78 is 5.36. The molecule has 0 bridgehead atoms. The third-order valence-electron chi connectivity index (χ3n) is 1.03. The van der Waals surface area contributed by atoms with Crippen molar-refractivity contribution in [1.29, 1.82) is 0 Å². The number of rotatable bonds is 5. The Hall–Kier alpha value is 0.140. The minimum Gasteiger partial charge on any atom is -0.363 e. The summed E-state index contributed by atoms with van der Waals surface area (Å²) >= 11 is 3.40. The largest absolute Gasteiger partial charge is 0.363 e. The maximum absolute atomic E-state index is 5.36. The van der Waals surface area contributed by atoms with Gasteiger partial charge < -0.3 is 10.1 Å². The molecule has 0 aromatic heterocycles. The van der Waals surface area contributed by atoms with Crippen LogP contribution in [0.2, 0.25) is 0 Å². The van der Waals surface area contributed by atoms with Crippen molar-refractivity contribution in [1.82, 2.24) is 5.32 Å². The molecule has 0 aliphatic carbocycles. The minimum absolute atomic E-state index is 0.203. The van der Waals surface area contributed by atoms with Crippen LogP contribution in [0.15, 0.2) is 12.2 Å². The van der Waals surface area contributed by atoms with Crippen molar-refractivity contribution in [3.05, 3.63) is 12.2 Å². The summed E-state index contributed by atoms with van der Waals surface area (Å²) in [5.41, 5.74) is 1.07. The molecule has 1 atom stereocenters. The van der Waals surface area contributed by atoms with Gasteiger partial charge in [0.15, 0.2) is 0 Å². The second-order valence-electron chi connectivity index (χ2n) is 2.97. The van der Waals surface area contributed by atoms with Gasteiger partial charge in [0, 0.05) is 0 Å². The monoisotopic (exact) mass is 251 g/mol. The van der Waals surface area contributed by atoms with Crippen molar-refractivity contribution >= 4 is 15.9 Å². The van der Waals surface area contributed by atoms with E-state index < -0.39 is 0 Å². The SMILES string of the molecule is C=C(C)COC(Br)CCC.CNC. The van der Waals surface area contributed by atoms with Crippen molar-refractivity contribution in [3.8, 4) is 0 Å². The van der Waals surface area contributed by atoms with E-state index in [9.17, 15) is 0 Å². The van der Waals surface area contributed by atoms with Crippen LogP contribution in [0, 0.1) is 0 Å². The highest BCUT2D eigenvalue weighted by Gasteiger charge is 2.00. The molecule has 0 heterocycles. The number of halogens is 1. The molecular weight excluding hydrogens is 230 g/mol. The number of alkyl halides is 1. The fraction of sp³-hybridized carbons (Fsp3) is 0.800. The number of ether oxygens (including phenoxy) is 1. The quantitative estimate of drug-likeness (QED) is 0.600. The molecular formula is C10H22BrNO. The standard InChI is InChI=1S/C8H15BrO.C2H7N/c1-4-5-8(9)10-6-7(2)3;1-3-2/h8H,2,4-6H2,1,3H3;3H,1-2H3. The highest BCUT2D eigenvalue weighted by atomic mass is 79.9. The predicted molar refractivity (Wildman–Crippen MR) is 63.4 cm³/mol. The lowest BCUT2D eigenvalue weighted by atomic mass is 10.3. The normalized spacial score (nSPS) is 11.5. The molecule has 0 aliphatic rings. The van der Waals surface area contributed by atoms with Gasteiger partial charge in [0.25, 0.3) is 0 Å². The van der Waals surface area contributed by atoms with E-state index in [1.165, 1.54) is 0 Å². The van der Waals surface area contributed by atoms with Gasteiger partial charge in [-0.05, 0) is 27.4 Å². The fourth-order valence-electron chi connectivity index (χ4n) is 0.543. The van der Waals surface area contributed by atoms with Gasteiger partial charge in [-0.25, -0.2) is 0 Å². The van der Waals surface area contributed by atoms with Crippen LogP contribution < -0.4 is 5.32 Å². The molecule has 0 saturated carbocycles. The van der Waals surface area contributed by atoms with Crippen LogP contribution in [-0.4, -0.2) is 25.7 Å². The Morgan fingerprint density at radius 3 is 2.31 bits per heavy atom. The molecule has 0 aromatic rings. The molecule has 3 heteroatoms. The van der Waals surface area contributed by atoms with E-state index in [-0.39, 0.29) is 5.01 Å². The van der Waals surface area contributed by atoms with Gasteiger partial charge in [-0.2, -0.15) is 0 Å². The van der Waals surface area contributed by atoms with E-state index in [0.717, 1.165) is 18.4 Å². The van der Waals surface area contributed by atoms with Crippen LogP contribution in [0.1, 0.15) is 26.7 Å². The Labute approximate surface area is 90.9 Å². The van der Waals surface area contributed by atoms with Crippen molar-refractivity contribution in [2.24, 2.45) is 0 Å². The molecule has 0 spiro atoms. The third-order valence-corrected chi connectivity index (χ3v) is 1.75. The Kier molecular flexibility index (Phi) is 14.6. The Balaban J connectivity index is 0. The highest BCUT2D eigenvalue weighted by Crippen LogP contribution is 2.09. The van der Waals surface area contributed by atoms with Gasteiger partial charge in [-0.3, -0.25) is 0 Å². The average Bonchev–Trinajstić information content (AvgIpc) is 2.03. The molecule has 0 amide bonds. The summed E-state index contributed by atoms with van der Waals surface area (Å²) in [6, 6.07) is 0. The minimum atomic E-state index is 0.203. The molecule has 13 heavy (non-hydrogen) atoms. The first kappa shape index (κ1) is 15.6. The van der Waals surface area contributed by atoms with Crippen LogP contribution in [0.25, 0.3) is 0 Å². The van der Waals surface area contributed by atoms with Gasteiger partial charge in [-0.15, -0.1) is 0 Å². The summed E-state index contributed by atoms with van der Waals surface area (Å²) in [5, 5.41) is 2.95. The first-order valence-electron chi connectivity index (χ1n) is 4.57. The summed E-state index contributed by atoms with van der Waals surface area (Å²) in [6.45, 7) is 8.51. The number of hydrogen-bond acceptors (Lipinski definition) is 2. The summed E-state index contributed by atoms with van der Waals surface area (Å²) in [6.07, 6.45) is 2.21. The van der Waals surface area contributed by atoms with E-state index in [0.29, 0.717) is 6.61 Å². The Morgan fingerprint density at radius 1 is 1.54 bits per heavy atom.